The number of aryl methyl sites for hydroxylation is 1. The summed E-state index contributed by atoms with van der Waals surface area (Å²) in [5.74, 6) is -0.900. The zero-order valence-corrected chi connectivity index (χ0v) is 13.4. The number of nitrogens with zero attached hydrogens (tertiary/aromatic N) is 3. The number of carbonyl (C=O) groups excluding carboxylic acids is 1. The summed E-state index contributed by atoms with van der Waals surface area (Å²) in [5.41, 5.74) is -1.19. The molecule has 23 heavy (non-hydrogen) atoms. The van der Waals surface area contributed by atoms with E-state index >= 15 is 0 Å². The van der Waals surface area contributed by atoms with Crippen molar-refractivity contribution in [2.45, 2.75) is 19.5 Å². The minimum Gasteiger partial charge on any atom is -0.480 e. The van der Waals surface area contributed by atoms with Crippen LogP contribution >= 0.6 is 22.9 Å². The van der Waals surface area contributed by atoms with E-state index in [1.165, 1.54) is 7.11 Å². The van der Waals surface area contributed by atoms with Gasteiger partial charge in [-0.05, 0) is 6.42 Å². The van der Waals surface area contributed by atoms with Crippen LogP contribution in [0.2, 0.25) is 5.15 Å². The highest BCUT2D eigenvalue weighted by Crippen LogP contribution is 2.36. The molecule has 0 aliphatic carbocycles. The van der Waals surface area contributed by atoms with Crippen molar-refractivity contribution in [1.29, 1.82) is 0 Å². The predicted molar refractivity (Wildman–Crippen MR) is 78.0 cm³/mol. The zero-order valence-electron chi connectivity index (χ0n) is 11.9. The molecule has 1 amide bonds. The van der Waals surface area contributed by atoms with Gasteiger partial charge in [-0.2, -0.15) is 13.2 Å². The Kier molecular flexibility index (Phi) is 5.05. The molecule has 0 bridgehead atoms. The van der Waals surface area contributed by atoms with Crippen molar-refractivity contribution in [2.24, 2.45) is 0 Å². The molecule has 2 rings (SSSR count). The van der Waals surface area contributed by atoms with E-state index < -0.39 is 17.8 Å². The van der Waals surface area contributed by atoms with Crippen LogP contribution in [0.25, 0.3) is 0 Å². The Hall–Kier alpha value is -1.94. The van der Waals surface area contributed by atoms with Gasteiger partial charge in [0.25, 0.3) is 5.91 Å². The quantitative estimate of drug-likeness (QED) is 0.839. The van der Waals surface area contributed by atoms with Crippen LogP contribution in [0, 0.1) is 0 Å². The molecule has 0 saturated heterocycles. The van der Waals surface area contributed by atoms with Crippen LogP contribution < -0.4 is 10.1 Å². The Morgan fingerprint density at radius 1 is 1.43 bits per heavy atom. The first-order valence-electron chi connectivity index (χ1n) is 6.20. The van der Waals surface area contributed by atoms with Crippen LogP contribution in [0.4, 0.5) is 18.3 Å². The fraction of sp³-hybridized carbons (Fsp3) is 0.333. The second kappa shape index (κ2) is 6.67. The maximum atomic E-state index is 12.9. The lowest BCUT2D eigenvalue weighted by atomic mass is 10.3. The number of alkyl halides is 3. The lowest BCUT2D eigenvalue weighted by molar-refractivity contribution is -0.141. The second-order valence-corrected chi connectivity index (χ2v) is 5.59. The number of anilines is 1. The first-order chi connectivity index (χ1) is 10.8. The maximum absolute atomic E-state index is 12.9. The molecular weight excluding hydrogens is 357 g/mol. The second-order valence-electron chi connectivity index (χ2n) is 4.14. The summed E-state index contributed by atoms with van der Waals surface area (Å²) in [6.07, 6.45) is -3.35. The zero-order chi connectivity index (χ0) is 17.2. The van der Waals surface area contributed by atoms with Gasteiger partial charge in [0.1, 0.15) is 17.0 Å². The predicted octanol–water partition coefficient (Wildman–Crippen LogP) is 3.43. The molecule has 2 aromatic rings. The van der Waals surface area contributed by atoms with Crippen LogP contribution in [-0.2, 0) is 12.6 Å². The van der Waals surface area contributed by atoms with Crippen molar-refractivity contribution in [3.05, 3.63) is 27.6 Å². The standard InChI is InChI=1S/C12H10ClF3N4O2S/c1-3-5-7(12(14,15)16)19-11(23-5)20-9(21)6-8(13)17-4-18-10(6)22-2/h4H,3H2,1-2H3,(H,19,20,21). The molecule has 11 heteroatoms. The topological polar surface area (TPSA) is 77.0 Å². The average molecular weight is 367 g/mol. The summed E-state index contributed by atoms with van der Waals surface area (Å²) in [6.45, 7) is 1.57. The number of halogens is 4. The molecule has 0 radical (unpaired) electrons. The van der Waals surface area contributed by atoms with E-state index in [0.29, 0.717) is 0 Å². The maximum Gasteiger partial charge on any atom is 0.434 e. The number of methoxy groups -OCH3 is 1. The molecule has 0 aromatic carbocycles. The number of thiazole rings is 1. The molecule has 0 saturated carbocycles. The van der Waals surface area contributed by atoms with E-state index in [1.54, 1.807) is 6.92 Å². The fourth-order valence-corrected chi connectivity index (χ4v) is 2.85. The highest BCUT2D eigenvalue weighted by atomic mass is 35.5. The highest BCUT2D eigenvalue weighted by molar-refractivity contribution is 7.15. The number of hydrogen-bond donors (Lipinski definition) is 1. The number of amides is 1. The highest BCUT2D eigenvalue weighted by Gasteiger charge is 2.37. The minimum absolute atomic E-state index is 0.0233. The Morgan fingerprint density at radius 2 is 2.13 bits per heavy atom. The third-order valence-corrected chi connectivity index (χ3v) is 4.10. The van der Waals surface area contributed by atoms with Crippen LogP contribution in [0.15, 0.2) is 6.33 Å². The molecule has 0 aliphatic heterocycles. The number of hydrogen-bond acceptors (Lipinski definition) is 6. The third-order valence-electron chi connectivity index (χ3n) is 2.69. The van der Waals surface area contributed by atoms with Gasteiger partial charge in [-0.1, -0.05) is 18.5 Å². The minimum atomic E-state index is -4.59. The molecular formula is C12H10ClF3N4O2S. The number of rotatable bonds is 4. The van der Waals surface area contributed by atoms with Crippen molar-refractivity contribution in [3.63, 3.8) is 0 Å². The van der Waals surface area contributed by atoms with Gasteiger partial charge in [-0.3, -0.25) is 10.1 Å². The molecule has 0 fully saturated rings. The molecule has 0 aliphatic rings. The third kappa shape index (κ3) is 3.70. The van der Waals surface area contributed by atoms with Crippen molar-refractivity contribution >= 4 is 34.0 Å². The lowest BCUT2D eigenvalue weighted by Crippen LogP contribution is -2.15. The van der Waals surface area contributed by atoms with Crippen molar-refractivity contribution in [1.82, 2.24) is 15.0 Å². The molecule has 2 aromatic heterocycles. The summed E-state index contributed by atoms with van der Waals surface area (Å²) >= 11 is 6.56. The van der Waals surface area contributed by atoms with Gasteiger partial charge in [0.15, 0.2) is 10.8 Å². The van der Waals surface area contributed by atoms with Gasteiger partial charge in [0.05, 0.1) is 7.11 Å². The molecule has 124 valence electrons. The van der Waals surface area contributed by atoms with E-state index in [2.05, 4.69) is 20.3 Å². The van der Waals surface area contributed by atoms with Gasteiger partial charge in [-0.25, -0.2) is 15.0 Å². The first kappa shape index (κ1) is 17.4. The van der Waals surface area contributed by atoms with Gasteiger partial charge in [0, 0.05) is 4.88 Å². The normalized spacial score (nSPS) is 11.4. The van der Waals surface area contributed by atoms with Crippen molar-refractivity contribution in [2.75, 3.05) is 12.4 Å². The smallest absolute Gasteiger partial charge is 0.434 e. The largest absolute Gasteiger partial charge is 0.480 e. The first-order valence-corrected chi connectivity index (χ1v) is 7.40. The fourth-order valence-electron chi connectivity index (χ4n) is 1.72. The van der Waals surface area contributed by atoms with Crippen LogP contribution in [0.3, 0.4) is 0 Å². The summed E-state index contributed by atoms with van der Waals surface area (Å²) in [6, 6.07) is 0. The molecule has 0 spiro atoms. The van der Waals surface area contributed by atoms with E-state index in [-0.39, 0.29) is 33.0 Å². The van der Waals surface area contributed by atoms with E-state index in [1.807, 2.05) is 0 Å². The Labute approximate surface area is 137 Å². The van der Waals surface area contributed by atoms with Gasteiger partial charge in [-0.15, -0.1) is 11.3 Å². The summed E-state index contributed by atoms with van der Waals surface area (Å²) in [5, 5.41) is 1.89. The molecule has 1 N–H and O–H groups in total. The van der Waals surface area contributed by atoms with E-state index in [0.717, 1.165) is 17.7 Å². The Bertz CT molecular complexity index is 736. The van der Waals surface area contributed by atoms with Crippen LogP contribution in [0.5, 0.6) is 5.88 Å². The van der Waals surface area contributed by atoms with Gasteiger partial charge < -0.3 is 4.74 Å². The van der Waals surface area contributed by atoms with Gasteiger partial charge in [0.2, 0.25) is 5.88 Å². The number of aromatic nitrogens is 3. The monoisotopic (exact) mass is 366 g/mol. The SMILES string of the molecule is CCc1sc(NC(=O)c2c(Cl)ncnc2OC)nc1C(F)(F)F. The lowest BCUT2D eigenvalue weighted by Gasteiger charge is -2.07. The molecule has 0 atom stereocenters. The van der Waals surface area contributed by atoms with Crippen molar-refractivity contribution < 1.29 is 22.7 Å². The number of carbonyl (C=O) groups is 1. The van der Waals surface area contributed by atoms with Crippen LogP contribution in [0.1, 0.15) is 27.9 Å². The van der Waals surface area contributed by atoms with Crippen LogP contribution in [-0.4, -0.2) is 28.0 Å². The summed E-state index contributed by atoms with van der Waals surface area (Å²) in [7, 11) is 1.27. The van der Waals surface area contributed by atoms with Crippen molar-refractivity contribution in [3.8, 4) is 5.88 Å². The van der Waals surface area contributed by atoms with E-state index in [4.69, 9.17) is 16.3 Å². The number of nitrogens with one attached hydrogen (secondary N) is 1. The average Bonchev–Trinajstić information content (AvgIpc) is 2.89. The Balaban J connectivity index is 2.33. The van der Waals surface area contributed by atoms with E-state index in [9.17, 15) is 18.0 Å². The summed E-state index contributed by atoms with van der Waals surface area (Å²) < 4.78 is 43.5. The summed E-state index contributed by atoms with van der Waals surface area (Å²) in [4.78, 5) is 23.0. The van der Waals surface area contributed by atoms with Gasteiger partial charge >= 0.3 is 6.18 Å². The molecule has 2 heterocycles. The molecule has 0 unspecified atom stereocenters. The Morgan fingerprint density at radius 3 is 2.65 bits per heavy atom. The number of ether oxygens (including phenoxy) is 1. The molecule has 6 nitrogen and oxygen atoms in total.